The van der Waals surface area contributed by atoms with Gasteiger partial charge < -0.3 is 56.5 Å². The molecule has 0 aromatic heterocycles. The van der Waals surface area contributed by atoms with Crippen molar-refractivity contribution in [2.24, 2.45) is 9.98 Å². The van der Waals surface area contributed by atoms with Crippen LogP contribution in [0.3, 0.4) is 0 Å². The van der Waals surface area contributed by atoms with Crippen molar-refractivity contribution >= 4 is 58.8 Å². The quantitative estimate of drug-likeness (QED) is 0.0697. The summed E-state index contributed by atoms with van der Waals surface area (Å²) in [4.78, 5) is 31.4. The zero-order chi connectivity index (χ0) is 29.8. The van der Waals surface area contributed by atoms with Gasteiger partial charge in [-0.15, -0.1) is 0 Å². The minimum Gasteiger partial charge on any atom is -0.741 e. The van der Waals surface area contributed by atoms with Gasteiger partial charge in [0.15, 0.2) is 13.2 Å². The normalized spacial score (nSPS) is 10.0. The molecule has 4 aromatic rings. The number of ether oxygens (including phenoxy) is 2. The van der Waals surface area contributed by atoms with Gasteiger partial charge in [-0.25, -0.2) is 0 Å². The largest absolute Gasteiger partial charge is 2.00 e. The van der Waals surface area contributed by atoms with Gasteiger partial charge in [0.2, 0.25) is 0 Å². The Hall–Kier alpha value is -4.66. The topological polar surface area (TPSA) is 188 Å². The van der Waals surface area contributed by atoms with Gasteiger partial charge in [-0.05, 0) is 58.9 Å². The summed E-state index contributed by atoms with van der Waals surface area (Å²) >= 11 is 10.00. The third-order valence-corrected chi connectivity index (χ3v) is 5.20. The van der Waals surface area contributed by atoms with Gasteiger partial charge in [0.25, 0.3) is 11.8 Å². The Morgan fingerprint density at radius 3 is 1.11 bits per heavy atom. The number of nitrogens with one attached hydrogen (secondary N) is 4. The maximum Gasteiger partial charge on any atom is 2.00 e. The molecule has 4 rings (SSSR count). The molecule has 0 spiro atoms. The Morgan fingerprint density at radius 1 is 0.511 bits per heavy atom. The molecule has 0 unspecified atom stereocenters. The molecule has 0 radical (unpaired) electrons. The van der Waals surface area contributed by atoms with Crippen molar-refractivity contribution in [1.29, 1.82) is 0 Å². The van der Waals surface area contributed by atoms with E-state index in [4.69, 9.17) is 34.7 Å². The number of para-hydroxylation sites is 4. The molecule has 15 heteroatoms. The fraction of sp³-hybridized carbons (Fsp3) is 0.0667. The standard InChI is InChI=1S/2C15H15N3O2S.2H2O.Ru/c2*19-14(11-20-13-9-5-2-6-10-13)17-18-15(21)16-12-7-3-1-4-8-12;;;/h2*1-10H,11H2,(H,17,19)(H2,16,18,21);2*1H2;/q;;;;+2/p-2. The predicted octanol–water partition coefficient (Wildman–Crippen LogP) is 2.19. The molecule has 0 fully saturated rings. The fourth-order valence-electron chi connectivity index (χ4n) is 2.95. The second kappa shape index (κ2) is 23.8. The first-order chi connectivity index (χ1) is 20.5. The Balaban J connectivity index is 0.000000807. The van der Waals surface area contributed by atoms with Gasteiger partial charge in [-0.3, -0.25) is 30.4 Å². The van der Waals surface area contributed by atoms with Crippen LogP contribution in [-0.2, 0) is 54.3 Å². The maximum atomic E-state index is 11.6. The van der Waals surface area contributed by atoms with Gasteiger partial charge >= 0.3 is 19.5 Å². The summed E-state index contributed by atoms with van der Waals surface area (Å²) in [5.74, 6) is 0.572. The molecule has 8 N–H and O–H groups in total. The van der Waals surface area contributed by atoms with Crippen LogP contribution in [0.1, 0.15) is 0 Å². The van der Waals surface area contributed by atoms with Gasteiger partial charge in [0.1, 0.15) is 11.5 Å². The fourth-order valence-corrected chi connectivity index (χ4v) is 3.26. The zero-order valence-corrected chi connectivity index (χ0v) is 27.0. The van der Waals surface area contributed by atoms with Crippen molar-refractivity contribution in [3.8, 4) is 11.5 Å². The first-order valence-electron chi connectivity index (χ1n) is 12.5. The van der Waals surface area contributed by atoms with Crippen molar-refractivity contribution in [3.05, 3.63) is 121 Å². The van der Waals surface area contributed by atoms with E-state index in [1.165, 1.54) is 0 Å². The van der Waals surface area contributed by atoms with E-state index in [2.05, 4.69) is 31.7 Å². The molecule has 0 aliphatic carbocycles. The minimum atomic E-state index is -0.343. The third kappa shape index (κ3) is 17.9. The van der Waals surface area contributed by atoms with Crippen LogP contribution < -0.4 is 31.2 Å². The summed E-state index contributed by atoms with van der Waals surface area (Å²) in [6, 6.07) is 36.6. The van der Waals surface area contributed by atoms with Crippen LogP contribution in [0.15, 0.2) is 131 Å². The van der Waals surface area contributed by atoms with Crippen LogP contribution in [0, 0.1) is 0 Å². The molecule has 238 valence electrons. The Bertz CT molecular complexity index is 1330. The molecule has 2 amide bonds. The van der Waals surface area contributed by atoms with Crippen LogP contribution in [-0.4, -0.2) is 46.3 Å². The summed E-state index contributed by atoms with van der Waals surface area (Å²) in [7, 11) is 0. The smallest absolute Gasteiger partial charge is 0.741 e. The average molecular weight is 738 g/mol. The summed E-state index contributed by atoms with van der Waals surface area (Å²) in [6.45, 7) is -0.212. The number of rotatable bonds is 8. The number of aliphatic imine (C=N–C) groups is 2. The molecular weight excluding hydrogens is 706 g/mol. The molecule has 0 saturated heterocycles. The SMILES string of the molecule is O.O.O=C(COc1ccccc1)NNC([S-])=Nc1ccccc1.O=C(COc1ccccc1)NNC([S-])=Nc1ccccc1.[Ru+2]. The van der Waals surface area contributed by atoms with E-state index in [0.29, 0.717) is 22.9 Å². The van der Waals surface area contributed by atoms with Crippen LogP contribution in [0.5, 0.6) is 11.5 Å². The van der Waals surface area contributed by atoms with Crippen molar-refractivity contribution in [2.75, 3.05) is 13.2 Å². The first-order valence-corrected chi connectivity index (χ1v) is 13.4. The molecule has 0 bridgehead atoms. The summed E-state index contributed by atoms with van der Waals surface area (Å²) < 4.78 is 10.6. The van der Waals surface area contributed by atoms with Crippen LogP contribution in [0.2, 0.25) is 0 Å². The number of carbonyl (C=O) groups is 2. The monoisotopic (exact) mass is 738 g/mol. The summed E-state index contributed by atoms with van der Waals surface area (Å²) in [5, 5.41) is 0.350. The Kier molecular flexibility index (Phi) is 21.3. The second-order valence-corrected chi connectivity index (χ2v) is 8.83. The van der Waals surface area contributed by atoms with Crippen molar-refractivity contribution in [2.45, 2.75) is 0 Å². The van der Waals surface area contributed by atoms with E-state index in [9.17, 15) is 9.59 Å². The van der Waals surface area contributed by atoms with Gasteiger partial charge in [0.05, 0.1) is 11.4 Å². The molecule has 0 aliphatic heterocycles. The Labute approximate surface area is 284 Å². The van der Waals surface area contributed by atoms with Crippen molar-refractivity contribution in [3.63, 3.8) is 0 Å². The predicted molar refractivity (Wildman–Crippen MR) is 175 cm³/mol. The molecular formula is C30H32N6O6RuS2. The summed E-state index contributed by atoms with van der Waals surface area (Å²) in [6.07, 6.45) is 0. The van der Waals surface area contributed by atoms with E-state index in [0.717, 1.165) is 0 Å². The number of benzene rings is 4. The number of carbonyl (C=O) groups excluding carboxylic acids is 2. The van der Waals surface area contributed by atoms with Crippen molar-refractivity contribution in [1.82, 2.24) is 21.7 Å². The van der Waals surface area contributed by atoms with Gasteiger partial charge in [-0.2, -0.15) is 0 Å². The third-order valence-electron chi connectivity index (χ3n) is 4.82. The average Bonchev–Trinajstić information content (AvgIpc) is 3.03. The zero-order valence-electron chi connectivity index (χ0n) is 23.7. The number of nitrogens with zero attached hydrogens (tertiary/aromatic N) is 2. The second-order valence-electron chi connectivity index (χ2n) is 8.05. The molecule has 12 nitrogen and oxygen atoms in total. The molecule has 0 aliphatic rings. The number of hydrazine groups is 2. The van der Waals surface area contributed by atoms with Gasteiger partial charge in [0, 0.05) is 0 Å². The van der Waals surface area contributed by atoms with Crippen LogP contribution >= 0.6 is 0 Å². The van der Waals surface area contributed by atoms with Crippen LogP contribution in [0.25, 0.3) is 0 Å². The van der Waals surface area contributed by atoms with E-state index in [1.807, 2.05) is 97.1 Å². The Morgan fingerprint density at radius 2 is 0.800 bits per heavy atom. The molecule has 45 heavy (non-hydrogen) atoms. The van der Waals surface area contributed by atoms with Crippen molar-refractivity contribution < 1.29 is 49.5 Å². The van der Waals surface area contributed by atoms with E-state index >= 15 is 0 Å². The number of amides is 2. The molecule has 0 atom stereocenters. The van der Waals surface area contributed by atoms with E-state index < -0.39 is 0 Å². The molecule has 0 saturated carbocycles. The number of hydrogen-bond acceptors (Lipinski definition) is 8. The number of hydrogen-bond donors (Lipinski definition) is 4. The maximum absolute atomic E-state index is 11.6. The van der Waals surface area contributed by atoms with E-state index in [1.54, 1.807) is 24.3 Å². The van der Waals surface area contributed by atoms with E-state index in [-0.39, 0.29) is 65.8 Å². The minimum absolute atomic E-state index is 0. The first kappa shape index (κ1) is 40.3. The summed E-state index contributed by atoms with van der Waals surface area (Å²) in [5.41, 5.74) is 11.4. The van der Waals surface area contributed by atoms with Crippen LogP contribution in [0.4, 0.5) is 11.4 Å². The number of amidine groups is 2. The molecule has 0 heterocycles. The molecule has 4 aromatic carbocycles. The van der Waals surface area contributed by atoms with Gasteiger partial charge in [-0.1, -0.05) is 72.8 Å².